The average Bonchev–Trinajstić information content (AvgIpc) is 2.78. The molecule has 0 saturated heterocycles. The van der Waals surface area contributed by atoms with E-state index in [1.807, 2.05) is 0 Å². The molecule has 1 aromatic rings. The summed E-state index contributed by atoms with van der Waals surface area (Å²) < 4.78 is 37.2. The van der Waals surface area contributed by atoms with Crippen molar-refractivity contribution in [1.82, 2.24) is 25.2 Å². The molecule has 0 fully saturated rings. The molecule has 0 unspecified atom stereocenters. The van der Waals surface area contributed by atoms with Crippen LogP contribution in [0.15, 0.2) is 6.20 Å². The summed E-state index contributed by atoms with van der Waals surface area (Å²) in [7, 11) is 2.77. The van der Waals surface area contributed by atoms with Crippen LogP contribution in [0, 0.1) is 0 Å². The highest BCUT2D eigenvalue weighted by atomic mass is 19.4. The Morgan fingerprint density at radius 1 is 1.37 bits per heavy atom. The van der Waals surface area contributed by atoms with Crippen molar-refractivity contribution in [2.45, 2.75) is 6.18 Å². The molecule has 0 aliphatic rings. The molecular weight excluding hydrogens is 267 g/mol. The van der Waals surface area contributed by atoms with Gasteiger partial charge in [0.2, 0.25) is 5.91 Å². The second kappa shape index (κ2) is 5.67. The second-order valence-corrected chi connectivity index (χ2v) is 3.92. The summed E-state index contributed by atoms with van der Waals surface area (Å²) in [5.41, 5.74) is -0.282. The number of nitrogens with zero attached hydrogens (tertiary/aromatic N) is 4. The SMILES string of the molecule is CN(C)C(=O)CN(CC(F)(F)F)C(=O)c1cn[nH]n1. The topological polar surface area (TPSA) is 82.2 Å². The molecule has 0 aliphatic carbocycles. The van der Waals surface area contributed by atoms with Crippen molar-refractivity contribution in [3.05, 3.63) is 11.9 Å². The number of aromatic amines is 1. The highest BCUT2D eigenvalue weighted by Crippen LogP contribution is 2.17. The van der Waals surface area contributed by atoms with Crippen LogP contribution >= 0.6 is 0 Å². The summed E-state index contributed by atoms with van der Waals surface area (Å²) in [4.78, 5) is 24.7. The number of alkyl halides is 3. The maximum atomic E-state index is 12.4. The van der Waals surface area contributed by atoms with E-state index in [9.17, 15) is 22.8 Å². The smallest absolute Gasteiger partial charge is 0.347 e. The van der Waals surface area contributed by atoms with Crippen LogP contribution in [0.3, 0.4) is 0 Å². The van der Waals surface area contributed by atoms with Crippen LogP contribution in [0.2, 0.25) is 0 Å². The quantitative estimate of drug-likeness (QED) is 0.834. The Bertz CT molecular complexity index is 443. The minimum Gasteiger partial charge on any atom is -0.347 e. The number of carbonyl (C=O) groups excluding carboxylic acids is 2. The van der Waals surface area contributed by atoms with E-state index in [1.54, 1.807) is 0 Å². The van der Waals surface area contributed by atoms with Gasteiger partial charge in [0, 0.05) is 14.1 Å². The maximum absolute atomic E-state index is 12.4. The largest absolute Gasteiger partial charge is 0.406 e. The first-order chi connectivity index (χ1) is 8.70. The predicted octanol–water partition coefficient (Wildman–Crippen LogP) is -0.103. The van der Waals surface area contributed by atoms with Gasteiger partial charge in [0.1, 0.15) is 13.1 Å². The van der Waals surface area contributed by atoms with Crippen molar-refractivity contribution < 1.29 is 22.8 Å². The lowest BCUT2D eigenvalue weighted by Crippen LogP contribution is -2.45. The molecule has 0 bridgehead atoms. The molecule has 1 N–H and O–H groups in total. The van der Waals surface area contributed by atoms with Gasteiger partial charge in [0.05, 0.1) is 6.20 Å². The van der Waals surface area contributed by atoms with E-state index in [0.29, 0.717) is 4.90 Å². The lowest BCUT2D eigenvalue weighted by Gasteiger charge is -2.23. The zero-order valence-electron chi connectivity index (χ0n) is 10.2. The minimum absolute atomic E-state index is 0.282. The minimum atomic E-state index is -4.61. The number of carbonyl (C=O) groups is 2. The lowest BCUT2D eigenvalue weighted by atomic mass is 10.3. The normalized spacial score (nSPS) is 11.2. The summed E-state index contributed by atoms with van der Waals surface area (Å²) in [6.07, 6.45) is -3.61. The standard InChI is InChI=1S/C9H12F3N5O2/c1-16(2)7(18)4-17(5-9(10,11)12)8(19)6-3-13-15-14-6/h3H,4-5H2,1-2H3,(H,13,14,15). The third kappa shape index (κ3) is 4.56. The summed E-state index contributed by atoms with van der Waals surface area (Å²) in [5, 5.41) is 8.86. The molecule has 0 radical (unpaired) electrons. The Balaban J connectivity index is 2.86. The number of amides is 2. The van der Waals surface area contributed by atoms with Gasteiger partial charge in [-0.15, -0.1) is 0 Å². The van der Waals surface area contributed by atoms with Crippen molar-refractivity contribution in [2.24, 2.45) is 0 Å². The molecule has 0 saturated carbocycles. The van der Waals surface area contributed by atoms with Gasteiger partial charge >= 0.3 is 6.18 Å². The Kier molecular flexibility index (Phi) is 4.46. The second-order valence-electron chi connectivity index (χ2n) is 3.92. The number of halogens is 3. The van der Waals surface area contributed by atoms with E-state index in [1.165, 1.54) is 14.1 Å². The van der Waals surface area contributed by atoms with Gasteiger partial charge in [-0.3, -0.25) is 9.59 Å². The fourth-order valence-electron chi connectivity index (χ4n) is 1.19. The molecule has 0 aromatic carbocycles. The van der Waals surface area contributed by atoms with E-state index in [-0.39, 0.29) is 5.69 Å². The number of hydrogen-bond acceptors (Lipinski definition) is 4. The van der Waals surface area contributed by atoms with Crippen molar-refractivity contribution in [1.29, 1.82) is 0 Å². The summed E-state index contributed by atoms with van der Waals surface area (Å²) >= 11 is 0. The van der Waals surface area contributed by atoms with Gasteiger partial charge < -0.3 is 9.80 Å². The first-order valence-corrected chi connectivity index (χ1v) is 5.12. The van der Waals surface area contributed by atoms with E-state index >= 15 is 0 Å². The van der Waals surface area contributed by atoms with Crippen LogP contribution in [0.5, 0.6) is 0 Å². The van der Waals surface area contributed by atoms with Gasteiger partial charge in [-0.25, -0.2) is 0 Å². The van der Waals surface area contributed by atoms with Crippen LogP contribution in [-0.4, -0.2) is 70.4 Å². The number of aromatic nitrogens is 3. The van der Waals surface area contributed by atoms with Gasteiger partial charge in [0.25, 0.3) is 5.91 Å². The first-order valence-electron chi connectivity index (χ1n) is 5.12. The highest BCUT2D eigenvalue weighted by molar-refractivity contribution is 5.94. The molecule has 1 aromatic heterocycles. The Labute approximate surface area is 106 Å². The molecule has 0 atom stereocenters. The maximum Gasteiger partial charge on any atom is 0.406 e. The molecule has 1 heterocycles. The van der Waals surface area contributed by atoms with E-state index in [4.69, 9.17) is 0 Å². The van der Waals surface area contributed by atoms with Crippen LogP contribution in [-0.2, 0) is 4.79 Å². The lowest BCUT2D eigenvalue weighted by molar-refractivity contribution is -0.146. The van der Waals surface area contributed by atoms with Crippen LogP contribution < -0.4 is 0 Å². The molecule has 0 aliphatic heterocycles. The van der Waals surface area contributed by atoms with Crippen LogP contribution in [0.25, 0.3) is 0 Å². The van der Waals surface area contributed by atoms with Gasteiger partial charge in [0.15, 0.2) is 5.69 Å². The van der Waals surface area contributed by atoms with Crippen molar-refractivity contribution in [3.8, 4) is 0 Å². The molecule has 7 nitrogen and oxygen atoms in total. The fraction of sp³-hybridized carbons (Fsp3) is 0.556. The number of rotatable bonds is 4. The zero-order valence-corrected chi connectivity index (χ0v) is 10.2. The summed E-state index contributed by atoms with van der Waals surface area (Å²) in [6.45, 7) is -2.21. The molecule has 106 valence electrons. The van der Waals surface area contributed by atoms with Gasteiger partial charge in [-0.1, -0.05) is 0 Å². The molecule has 19 heavy (non-hydrogen) atoms. The fourth-order valence-corrected chi connectivity index (χ4v) is 1.19. The van der Waals surface area contributed by atoms with E-state index in [0.717, 1.165) is 11.1 Å². The Morgan fingerprint density at radius 3 is 2.42 bits per heavy atom. The molecule has 2 amide bonds. The number of hydrogen-bond donors (Lipinski definition) is 1. The van der Waals surface area contributed by atoms with Crippen LogP contribution in [0.1, 0.15) is 10.5 Å². The monoisotopic (exact) mass is 279 g/mol. The average molecular weight is 279 g/mol. The molecular formula is C9H12F3N5O2. The van der Waals surface area contributed by atoms with Crippen molar-refractivity contribution >= 4 is 11.8 Å². The van der Waals surface area contributed by atoms with Gasteiger partial charge in [-0.2, -0.15) is 28.6 Å². The Hall–Kier alpha value is -2.13. The van der Waals surface area contributed by atoms with Gasteiger partial charge in [-0.05, 0) is 0 Å². The third-order valence-corrected chi connectivity index (χ3v) is 2.12. The Morgan fingerprint density at radius 2 is 2.00 bits per heavy atom. The van der Waals surface area contributed by atoms with E-state index < -0.39 is 31.1 Å². The van der Waals surface area contributed by atoms with Crippen molar-refractivity contribution in [2.75, 3.05) is 27.2 Å². The number of H-pyrrole nitrogens is 1. The molecule has 1 rings (SSSR count). The number of likely N-dealkylation sites (N-methyl/N-ethyl adjacent to an activating group) is 1. The summed E-state index contributed by atoms with van der Waals surface area (Å²) in [5.74, 6) is -1.64. The first kappa shape index (κ1) is 14.9. The van der Waals surface area contributed by atoms with Crippen LogP contribution in [0.4, 0.5) is 13.2 Å². The molecule has 10 heteroatoms. The number of nitrogens with one attached hydrogen (secondary N) is 1. The third-order valence-electron chi connectivity index (χ3n) is 2.12. The highest BCUT2D eigenvalue weighted by Gasteiger charge is 2.35. The molecule has 0 spiro atoms. The van der Waals surface area contributed by atoms with Crippen molar-refractivity contribution in [3.63, 3.8) is 0 Å². The predicted molar refractivity (Wildman–Crippen MR) is 57.0 cm³/mol. The summed E-state index contributed by atoms with van der Waals surface area (Å²) in [6, 6.07) is 0. The zero-order chi connectivity index (χ0) is 14.6. The van der Waals surface area contributed by atoms with E-state index in [2.05, 4.69) is 15.4 Å².